The summed E-state index contributed by atoms with van der Waals surface area (Å²) in [4.78, 5) is 1.30. The van der Waals surface area contributed by atoms with Crippen molar-refractivity contribution in [2.75, 3.05) is 25.3 Å². The first kappa shape index (κ1) is 12.4. The highest BCUT2D eigenvalue weighted by molar-refractivity contribution is 7.98. The maximum Gasteiger partial charge on any atom is 0.0481 e. The van der Waals surface area contributed by atoms with E-state index in [0.29, 0.717) is 6.04 Å². The Morgan fingerprint density at radius 1 is 1.33 bits per heavy atom. The zero-order chi connectivity index (χ0) is 11.1. The fraction of sp³-hybridized carbons (Fsp3) is 0.500. The quantitative estimate of drug-likeness (QED) is 0.751. The topological polar surface area (TPSA) is 21.3 Å². The third-order valence-corrected chi connectivity index (χ3v) is 3.00. The molecule has 0 aliphatic heterocycles. The first-order chi connectivity index (χ1) is 7.26. The van der Waals surface area contributed by atoms with Crippen LogP contribution in [0.3, 0.4) is 0 Å². The molecular formula is C12H19NOS. The van der Waals surface area contributed by atoms with Crippen molar-refractivity contribution < 1.29 is 4.74 Å². The fourth-order valence-corrected chi connectivity index (χ4v) is 1.75. The van der Waals surface area contributed by atoms with Crippen molar-refractivity contribution in [1.29, 1.82) is 0 Å². The summed E-state index contributed by atoms with van der Waals surface area (Å²) in [6.07, 6.45) is 3.12. The van der Waals surface area contributed by atoms with Gasteiger partial charge in [-0.15, -0.1) is 11.8 Å². The van der Waals surface area contributed by atoms with E-state index in [4.69, 9.17) is 4.74 Å². The number of nitrogens with one attached hydrogen (secondary N) is 1. The Labute approximate surface area is 96.4 Å². The Morgan fingerprint density at radius 2 is 2.00 bits per heavy atom. The van der Waals surface area contributed by atoms with E-state index in [-0.39, 0.29) is 0 Å². The average Bonchev–Trinajstić information content (AvgIpc) is 2.27. The molecule has 0 aliphatic rings. The van der Waals surface area contributed by atoms with Crippen LogP contribution in [0, 0.1) is 0 Å². The number of thioether (sulfide) groups is 1. The third-order valence-electron chi connectivity index (χ3n) is 2.26. The highest BCUT2D eigenvalue weighted by atomic mass is 32.2. The monoisotopic (exact) mass is 225 g/mol. The van der Waals surface area contributed by atoms with Crippen LogP contribution in [0.15, 0.2) is 29.2 Å². The predicted octanol–water partition coefficient (Wildman–Crippen LogP) is 3.25. The third kappa shape index (κ3) is 4.58. The molecule has 3 heteroatoms. The Hall–Kier alpha value is -0.670. The van der Waals surface area contributed by atoms with Crippen LogP contribution in [-0.2, 0) is 4.74 Å². The number of ether oxygens (including phenoxy) is 1. The van der Waals surface area contributed by atoms with Crippen molar-refractivity contribution in [2.45, 2.75) is 24.3 Å². The van der Waals surface area contributed by atoms with Crippen LogP contribution in [0.5, 0.6) is 0 Å². The number of methoxy groups -OCH3 is 1. The molecule has 0 saturated heterocycles. The van der Waals surface area contributed by atoms with Crippen LogP contribution >= 0.6 is 11.8 Å². The molecule has 1 rings (SSSR count). The maximum absolute atomic E-state index is 5.04. The molecule has 0 aromatic heterocycles. The smallest absolute Gasteiger partial charge is 0.0481 e. The van der Waals surface area contributed by atoms with Crippen LogP contribution in [0.2, 0.25) is 0 Å². The zero-order valence-corrected chi connectivity index (χ0v) is 10.4. The van der Waals surface area contributed by atoms with Gasteiger partial charge in [0.25, 0.3) is 0 Å². The summed E-state index contributed by atoms with van der Waals surface area (Å²) in [5.41, 5.74) is 1.18. The molecule has 0 radical (unpaired) electrons. The van der Waals surface area contributed by atoms with E-state index in [9.17, 15) is 0 Å². The molecule has 1 aromatic carbocycles. The number of anilines is 1. The van der Waals surface area contributed by atoms with Crippen LogP contribution in [0.1, 0.15) is 13.3 Å². The van der Waals surface area contributed by atoms with E-state index < -0.39 is 0 Å². The second-order valence-electron chi connectivity index (χ2n) is 3.56. The van der Waals surface area contributed by atoms with Gasteiger partial charge in [-0.25, -0.2) is 0 Å². The molecule has 0 fully saturated rings. The standard InChI is InChI=1S/C12H19NOS/c1-10(8-9-14-2)13-11-4-6-12(15-3)7-5-11/h4-7,10,13H,8-9H2,1-3H3. The van der Waals surface area contributed by atoms with Crippen LogP contribution in [-0.4, -0.2) is 26.0 Å². The van der Waals surface area contributed by atoms with Crippen LogP contribution in [0.4, 0.5) is 5.69 Å². The minimum absolute atomic E-state index is 0.449. The molecule has 84 valence electrons. The normalized spacial score (nSPS) is 12.5. The number of hydrogen-bond acceptors (Lipinski definition) is 3. The van der Waals surface area contributed by atoms with E-state index in [0.717, 1.165) is 13.0 Å². The summed E-state index contributed by atoms with van der Waals surface area (Å²) in [6, 6.07) is 8.96. The molecule has 0 spiro atoms. The van der Waals surface area contributed by atoms with Gasteiger partial charge in [-0.2, -0.15) is 0 Å². The van der Waals surface area contributed by atoms with Crippen LogP contribution < -0.4 is 5.32 Å². The molecule has 2 nitrogen and oxygen atoms in total. The molecular weight excluding hydrogens is 206 g/mol. The van der Waals surface area contributed by atoms with Crippen molar-refractivity contribution in [3.63, 3.8) is 0 Å². The largest absolute Gasteiger partial charge is 0.385 e. The fourth-order valence-electron chi connectivity index (χ4n) is 1.34. The molecule has 0 amide bonds. The van der Waals surface area contributed by atoms with Gasteiger partial charge in [-0.3, -0.25) is 0 Å². The molecule has 0 bridgehead atoms. The second-order valence-corrected chi connectivity index (χ2v) is 4.44. The van der Waals surface area contributed by atoms with Crippen molar-refractivity contribution in [3.8, 4) is 0 Å². The summed E-state index contributed by atoms with van der Waals surface area (Å²) in [7, 11) is 1.74. The van der Waals surface area contributed by atoms with Gasteiger partial charge in [0.05, 0.1) is 0 Å². The molecule has 0 saturated carbocycles. The highest BCUT2D eigenvalue weighted by Gasteiger charge is 2.01. The van der Waals surface area contributed by atoms with E-state index in [1.54, 1.807) is 18.9 Å². The maximum atomic E-state index is 5.04. The lowest BCUT2D eigenvalue weighted by atomic mass is 10.2. The molecule has 1 unspecified atom stereocenters. The van der Waals surface area contributed by atoms with Gasteiger partial charge in [0.2, 0.25) is 0 Å². The SMILES string of the molecule is COCCC(C)Nc1ccc(SC)cc1. The highest BCUT2D eigenvalue weighted by Crippen LogP contribution is 2.18. The van der Waals surface area contributed by atoms with Gasteiger partial charge in [-0.05, 0) is 43.9 Å². The lowest BCUT2D eigenvalue weighted by Crippen LogP contribution is -2.16. The van der Waals surface area contributed by atoms with Gasteiger partial charge in [0, 0.05) is 30.3 Å². The van der Waals surface area contributed by atoms with Crippen molar-refractivity contribution in [2.24, 2.45) is 0 Å². The summed E-state index contributed by atoms with van der Waals surface area (Å²) in [5, 5.41) is 3.44. The molecule has 0 heterocycles. The molecule has 1 aromatic rings. The average molecular weight is 225 g/mol. The molecule has 15 heavy (non-hydrogen) atoms. The van der Waals surface area contributed by atoms with E-state index in [1.165, 1.54) is 10.6 Å². The summed E-state index contributed by atoms with van der Waals surface area (Å²) in [5.74, 6) is 0. The summed E-state index contributed by atoms with van der Waals surface area (Å²) >= 11 is 1.76. The number of benzene rings is 1. The minimum Gasteiger partial charge on any atom is -0.385 e. The lowest BCUT2D eigenvalue weighted by Gasteiger charge is -2.14. The van der Waals surface area contributed by atoms with E-state index >= 15 is 0 Å². The van der Waals surface area contributed by atoms with Crippen molar-refractivity contribution in [3.05, 3.63) is 24.3 Å². The second kappa shape index (κ2) is 6.75. The Bertz CT molecular complexity index is 273. The molecule has 0 aliphatic carbocycles. The minimum atomic E-state index is 0.449. The van der Waals surface area contributed by atoms with E-state index in [2.05, 4.69) is 42.8 Å². The Morgan fingerprint density at radius 3 is 2.53 bits per heavy atom. The van der Waals surface area contributed by atoms with Gasteiger partial charge >= 0.3 is 0 Å². The number of hydrogen-bond donors (Lipinski definition) is 1. The Kier molecular flexibility index (Phi) is 5.58. The summed E-state index contributed by atoms with van der Waals surface area (Å²) < 4.78 is 5.04. The van der Waals surface area contributed by atoms with Gasteiger partial charge in [0.15, 0.2) is 0 Å². The summed E-state index contributed by atoms with van der Waals surface area (Å²) in [6.45, 7) is 2.97. The van der Waals surface area contributed by atoms with Gasteiger partial charge < -0.3 is 10.1 Å². The first-order valence-corrected chi connectivity index (χ1v) is 6.38. The Balaban J connectivity index is 2.42. The number of rotatable bonds is 6. The lowest BCUT2D eigenvalue weighted by molar-refractivity contribution is 0.191. The molecule has 1 N–H and O–H groups in total. The van der Waals surface area contributed by atoms with Crippen molar-refractivity contribution >= 4 is 17.4 Å². The van der Waals surface area contributed by atoms with Gasteiger partial charge in [-0.1, -0.05) is 0 Å². The predicted molar refractivity (Wildman–Crippen MR) is 67.8 cm³/mol. The molecule has 1 atom stereocenters. The van der Waals surface area contributed by atoms with E-state index in [1.807, 2.05) is 0 Å². The van der Waals surface area contributed by atoms with Gasteiger partial charge in [0.1, 0.15) is 0 Å². The van der Waals surface area contributed by atoms with Crippen molar-refractivity contribution in [1.82, 2.24) is 0 Å². The first-order valence-electron chi connectivity index (χ1n) is 5.15. The van der Waals surface area contributed by atoms with Crippen LogP contribution in [0.25, 0.3) is 0 Å². The zero-order valence-electron chi connectivity index (χ0n) is 9.62.